The molecule has 0 spiro atoms. The Morgan fingerprint density at radius 2 is 2.14 bits per heavy atom. The van der Waals surface area contributed by atoms with Crippen LogP contribution in [0.2, 0.25) is 0 Å². The highest BCUT2D eigenvalue weighted by atomic mass is 15.3. The summed E-state index contributed by atoms with van der Waals surface area (Å²) >= 11 is 0. The van der Waals surface area contributed by atoms with Crippen LogP contribution in [-0.2, 0) is 0 Å². The molecule has 0 bridgehead atoms. The normalized spacial score (nSPS) is 18.5. The lowest BCUT2D eigenvalue weighted by molar-refractivity contribution is 0.616. The van der Waals surface area contributed by atoms with Gasteiger partial charge < -0.3 is 10.6 Å². The summed E-state index contributed by atoms with van der Waals surface area (Å²) in [4.78, 5) is 4.73. The van der Waals surface area contributed by atoms with Crippen LogP contribution in [-0.4, -0.2) is 33.7 Å². The predicted octanol–water partition coefficient (Wildman–Crippen LogP) is 3.02. The monoisotopic (exact) mass is 301 g/mol. The fourth-order valence-corrected chi connectivity index (χ4v) is 3.27. The van der Waals surface area contributed by atoms with E-state index in [4.69, 9.17) is 10.1 Å². The van der Waals surface area contributed by atoms with Gasteiger partial charge in [-0.15, -0.1) is 0 Å². The summed E-state index contributed by atoms with van der Waals surface area (Å²) in [5, 5.41) is 12.0. The molecule has 5 nitrogen and oxygen atoms in total. The maximum atomic E-state index is 4.87. The summed E-state index contributed by atoms with van der Waals surface area (Å²) in [5.74, 6) is 1.62. The summed E-state index contributed by atoms with van der Waals surface area (Å²) in [7, 11) is 0. The molecule has 1 atom stereocenters. The molecule has 1 unspecified atom stereocenters. The maximum absolute atomic E-state index is 4.87. The van der Waals surface area contributed by atoms with E-state index < -0.39 is 0 Å². The molecular formula is C17H27N5. The minimum Gasteiger partial charge on any atom is -0.366 e. The molecule has 1 fully saturated rings. The molecule has 3 rings (SSSR count). The first-order valence-corrected chi connectivity index (χ1v) is 8.48. The Bertz CT molecular complexity index is 651. The van der Waals surface area contributed by atoms with Crippen molar-refractivity contribution in [3.05, 3.63) is 23.0 Å². The third kappa shape index (κ3) is 2.70. The van der Waals surface area contributed by atoms with E-state index in [0.717, 1.165) is 55.2 Å². The SMILES string of the molecule is CCC(CC)c1cc2nc(C)c(C)c(NC3CCNC3)n2n1. The highest BCUT2D eigenvalue weighted by molar-refractivity contribution is 5.56. The average Bonchev–Trinajstić information content (AvgIpc) is 3.14. The van der Waals surface area contributed by atoms with Gasteiger partial charge in [-0.05, 0) is 39.7 Å². The van der Waals surface area contributed by atoms with Gasteiger partial charge in [0.25, 0.3) is 0 Å². The highest BCUT2D eigenvalue weighted by Gasteiger charge is 2.20. The van der Waals surface area contributed by atoms with Gasteiger partial charge in [0.2, 0.25) is 0 Å². The van der Waals surface area contributed by atoms with Crippen molar-refractivity contribution in [2.45, 2.75) is 58.9 Å². The zero-order valence-electron chi connectivity index (χ0n) is 14.1. The van der Waals surface area contributed by atoms with Crippen molar-refractivity contribution in [2.24, 2.45) is 0 Å². The molecule has 0 radical (unpaired) electrons. The van der Waals surface area contributed by atoms with Crippen molar-refractivity contribution in [2.75, 3.05) is 18.4 Å². The first-order valence-electron chi connectivity index (χ1n) is 8.48. The smallest absolute Gasteiger partial charge is 0.157 e. The van der Waals surface area contributed by atoms with Gasteiger partial charge in [-0.25, -0.2) is 4.98 Å². The number of nitrogens with zero attached hydrogens (tertiary/aromatic N) is 3. The van der Waals surface area contributed by atoms with Crippen LogP contribution in [0.5, 0.6) is 0 Å². The molecule has 0 aliphatic carbocycles. The molecule has 1 aliphatic rings. The Balaban J connectivity index is 2.05. The van der Waals surface area contributed by atoms with Crippen molar-refractivity contribution in [3.8, 4) is 0 Å². The first-order chi connectivity index (χ1) is 10.6. The van der Waals surface area contributed by atoms with E-state index in [0.29, 0.717) is 12.0 Å². The Kier molecular flexibility index (Phi) is 4.34. The Morgan fingerprint density at radius 3 is 2.77 bits per heavy atom. The number of fused-ring (bicyclic) bond motifs is 1. The van der Waals surface area contributed by atoms with Crippen LogP contribution in [0.3, 0.4) is 0 Å². The van der Waals surface area contributed by atoms with E-state index in [1.807, 2.05) is 4.52 Å². The number of hydrogen-bond donors (Lipinski definition) is 2. The fourth-order valence-electron chi connectivity index (χ4n) is 3.27. The van der Waals surface area contributed by atoms with Gasteiger partial charge in [0.15, 0.2) is 5.65 Å². The Hall–Kier alpha value is -1.62. The lowest BCUT2D eigenvalue weighted by Crippen LogP contribution is -2.24. The summed E-state index contributed by atoms with van der Waals surface area (Å²) in [6.45, 7) is 10.8. The third-order valence-electron chi connectivity index (χ3n) is 4.91. The van der Waals surface area contributed by atoms with Gasteiger partial charge in [-0.3, -0.25) is 0 Å². The molecular weight excluding hydrogens is 274 g/mol. The number of aryl methyl sites for hydroxylation is 1. The number of hydrogen-bond acceptors (Lipinski definition) is 4. The van der Waals surface area contributed by atoms with Gasteiger partial charge in [0.1, 0.15) is 5.82 Å². The van der Waals surface area contributed by atoms with Crippen LogP contribution >= 0.6 is 0 Å². The first kappa shape index (κ1) is 15.3. The molecule has 120 valence electrons. The quantitative estimate of drug-likeness (QED) is 0.891. The zero-order chi connectivity index (χ0) is 15.7. The minimum absolute atomic E-state index is 0.476. The molecule has 2 aromatic rings. The summed E-state index contributed by atoms with van der Waals surface area (Å²) in [5.41, 5.74) is 4.39. The summed E-state index contributed by atoms with van der Waals surface area (Å²) in [6.07, 6.45) is 3.39. The van der Waals surface area contributed by atoms with E-state index in [1.165, 1.54) is 5.56 Å². The van der Waals surface area contributed by atoms with Crippen LogP contribution in [0.15, 0.2) is 6.07 Å². The topological polar surface area (TPSA) is 54.2 Å². The van der Waals surface area contributed by atoms with Crippen molar-refractivity contribution in [3.63, 3.8) is 0 Å². The van der Waals surface area contributed by atoms with E-state index in [2.05, 4.69) is 44.4 Å². The lowest BCUT2D eigenvalue weighted by atomic mass is 10.00. The van der Waals surface area contributed by atoms with Gasteiger partial charge >= 0.3 is 0 Å². The van der Waals surface area contributed by atoms with Crippen LogP contribution in [0.1, 0.15) is 56.0 Å². The van der Waals surface area contributed by atoms with E-state index in [9.17, 15) is 0 Å². The van der Waals surface area contributed by atoms with Crippen LogP contribution in [0, 0.1) is 13.8 Å². The summed E-state index contributed by atoms with van der Waals surface area (Å²) < 4.78 is 2.01. The lowest BCUT2D eigenvalue weighted by Gasteiger charge is -2.17. The Labute approximate surface area is 132 Å². The van der Waals surface area contributed by atoms with Crippen LogP contribution in [0.4, 0.5) is 5.82 Å². The average molecular weight is 301 g/mol. The molecule has 0 aromatic carbocycles. The second-order valence-electron chi connectivity index (χ2n) is 6.36. The van der Waals surface area contributed by atoms with Crippen molar-refractivity contribution in [1.29, 1.82) is 0 Å². The molecule has 0 amide bonds. The van der Waals surface area contributed by atoms with Gasteiger partial charge in [0, 0.05) is 35.8 Å². The number of aromatic nitrogens is 3. The molecule has 0 saturated carbocycles. The maximum Gasteiger partial charge on any atom is 0.157 e. The molecule has 3 heterocycles. The third-order valence-corrected chi connectivity index (χ3v) is 4.91. The van der Waals surface area contributed by atoms with Gasteiger partial charge in [-0.1, -0.05) is 13.8 Å². The van der Waals surface area contributed by atoms with E-state index in [-0.39, 0.29) is 0 Å². The van der Waals surface area contributed by atoms with Crippen molar-refractivity contribution in [1.82, 2.24) is 19.9 Å². The van der Waals surface area contributed by atoms with E-state index >= 15 is 0 Å². The Morgan fingerprint density at radius 1 is 1.36 bits per heavy atom. The van der Waals surface area contributed by atoms with Crippen molar-refractivity contribution < 1.29 is 0 Å². The second kappa shape index (κ2) is 6.24. The second-order valence-corrected chi connectivity index (χ2v) is 6.36. The largest absolute Gasteiger partial charge is 0.366 e. The summed E-state index contributed by atoms with van der Waals surface area (Å²) in [6, 6.07) is 2.63. The van der Waals surface area contributed by atoms with Crippen molar-refractivity contribution >= 4 is 11.5 Å². The molecule has 1 saturated heterocycles. The number of nitrogens with one attached hydrogen (secondary N) is 2. The van der Waals surface area contributed by atoms with Gasteiger partial charge in [0.05, 0.1) is 5.69 Å². The van der Waals surface area contributed by atoms with Crippen LogP contribution < -0.4 is 10.6 Å². The predicted molar refractivity (Wildman–Crippen MR) is 90.7 cm³/mol. The number of rotatable bonds is 5. The molecule has 1 aliphatic heterocycles. The van der Waals surface area contributed by atoms with Gasteiger partial charge in [-0.2, -0.15) is 9.61 Å². The standard InChI is InChI=1S/C17H27N5/c1-5-13(6-2)15-9-16-19-12(4)11(3)17(22(16)21-15)20-14-7-8-18-10-14/h9,13-14,18,20H,5-8,10H2,1-4H3. The fraction of sp³-hybridized carbons (Fsp3) is 0.647. The van der Waals surface area contributed by atoms with E-state index in [1.54, 1.807) is 0 Å². The highest BCUT2D eigenvalue weighted by Crippen LogP contribution is 2.26. The van der Waals surface area contributed by atoms with Crippen LogP contribution in [0.25, 0.3) is 5.65 Å². The minimum atomic E-state index is 0.476. The zero-order valence-corrected chi connectivity index (χ0v) is 14.1. The number of anilines is 1. The molecule has 2 N–H and O–H groups in total. The molecule has 2 aromatic heterocycles. The molecule has 5 heteroatoms. The molecule has 22 heavy (non-hydrogen) atoms.